The van der Waals surface area contributed by atoms with Crippen molar-refractivity contribution in [3.05, 3.63) is 39.7 Å². The van der Waals surface area contributed by atoms with Gasteiger partial charge in [-0.1, -0.05) is 31.9 Å². The first kappa shape index (κ1) is 20.4. The molecule has 0 saturated heterocycles. The van der Waals surface area contributed by atoms with E-state index in [2.05, 4.69) is 28.4 Å². The van der Waals surface area contributed by atoms with E-state index < -0.39 is 6.67 Å². The summed E-state index contributed by atoms with van der Waals surface area (Å²) in [7, 11) is 1.77. The summed E-state index contributed by atoms with van der Waals surface area (Å²) >= 11 is 0. The van der Waals surface area contributed by atoms with Crippen molar-refractivity contribution < 1.29 is 4.39 Å². The molecule has 2 aromatic rings. The summed E-state index contributed by atoms with van der Waals surface area (Å²) in [6.07, 6.45) is 4.55. The molecule has 2 aromatic heterocycles. The zero-order chi connectivity index (χ0) is 20.0. The number of nitrogen functional groups attached to an aromatic ring is 1. The Hall–Kier alpha value is -2.88. The molecule has 0 spiro atoms. The molecular weight excluding hydrogens is 343 g/mol. The predicted octanol–water partition coefficient (Wildman–Crippen LogP) is 3.90. The first-order chi connectivity index (χ1) is 12.9. The Morgan fingerprint density at radius 2 is 2.19 bits per heavy atom. The van der Waals surface area contributed by atoms with Crippen LogP contribution in [0.15, 0.2) is 11.6 Å². The number of halogens is 1. The van der Waals surface area contributed by atoms with Crippen molar-refractivity contribution >= 4 is 17.7 Å². The Balaban J connectivity index is 2.34. The van der Waals surface area contributed by atoms with Gasteiger partial charge in [-0.3, -0.25) is 4.68 Å². The summed E-state index contributed by atoms with van der Waals surface area (Å²) < 4.78 is 15.1. The summed E-state index contributed by atoms with van der Waals surface area (Å²) in [4.78, 5) is 4.29. The lowest BCUT2D eigenvalue weighted by Crippen LogP contribution is -2.10. The first-order valence-electron chi connectivity index (χ1n) is 9.16. The van der Waals surface area contributed by atoms with Gasteiger partial charge in [-0.05, 0) is 31.4 Å². The minimum absolute atomic E-state index is 0.401. The quantitative estimate of drug-likeness (QED) is 0.735. The molecule has 3 N–H and O–H groups in total. The highest BCUT2D eigenvalue weighted by Crippen LogP contribution is 2.23. The predicted molar refractivity (Wildman–Crippen MR) is 107 cm³/mol. The van der Waals surface area contributed by atoms with Gasteiger partial charge in [0.2, 0.25) is 0 Å². The van der Waals surface area contributed by atoms with Crippen LogP contribution in [-0.2, 0) is 20.1 Å². The number of aromatic nitrogens is 3. The Morgan fingerprint density at radius 1 is 1.44 bits per heavy atom. The fourth-order valence-corrected chi connectivity index (χ4v) is 3.00. The molecule has 0 aliphatic carbocycles. The van der Waals surface area contributed by atoms with Crippen LogP contribution in [0.3, 0.4) is 0 Å². The van der Waals surface area contributed by atoms with E-state index >= 15 is 0 Å². The molecule has 2 rings (SSSR count). The number of pyridine rings is 1. The SMILES string of the molecule is CCC/C(=C\c1c(CC)nn(C)c1CF)CNc1nc(N)c(C)cc1C#N. The average Bonchev–Trinajstić information content (AvgIpc) is 2.96. The smallest absolute Gasteiger partial charge is 0.146 e. The maximum absolute atomic E-state index is 13.5. The number of alkyl halides is 1. The fourth-order valence-electron chi connectivity index (χ4n) is 3.00. The van der Waals surface area contributed by atoms with Gasteiger partial charge < -0.3 is 11.1 Å². The van der Waals surface area contributed by atoms with E-state index in [1.807, 2.05) is 19.9 Å². The van der Waals surface area contributed by atoms with Gasteiger partial charge in [0, 0.05) is 19.2 Å². The molecule has 0 aliphatic rings. The van der Waals surface area contributed by atoms with Crippen LogP contribution >= 0.6 is 0 Å². The molecule has 0 atom stereocenters. The maximum Gasteiger partial charge on any atom is 0.146 e. The number of aryl methyl sites for hydroxylation is 3. The van der Waals surface area contributed by atoms with E-state index in [4.69, 9.17) is 5.73 Å². The minimum Gasteiger partial charge on any atom is -0.383 e. The van der Waals surface area contributed by atoms with E-state index in [0.29, 0.717) is 29.4 Å². The summed E-state index contributed by atoms with van der Waals surface area (Å²) in [5, 5.41) is 17.0. The summed E-state index contributed by atoms with van der Waals surface area (Å²) in [6.45, 7) is 5.87. The third-order valence-corrected chi connectivity index (χ3v) is 4.52. The van der Waals surface area contributed by atoms with Crippen LogP contribution in [0.5, 0.6) is 0 Å². The van der Waals surface area contributed by atoms with Crippen LogP contribution in [0, 0.1) is 18.3 Å². The standard InChI is InChI=1S/C20H27FN6/c1-5-7-14(9-16-17(6-2)26-27(4)18(16)10-21)12-24-20-15(11-22)8-13(3)19(23)25-20/h8-9H,5-7,10,12H2,1-4H3,(H3,23,24,25)/b14-9+. The van der Waals surface area contributed by atoms with Gasteiger partial charge in [-0.2, -0.15) is 10.4 Å². The molecule has 0 radical (unpaired) electrons. The van der Waals surface area contributed by atoms with Crippen molar-refractivity contribution in [1.29, 1.82) is 5.26 Å². The van der Waals surface area contributed by atoms with E-state index in [-0.39, 0.29) is 0 Å². The molecule has 144 valence electrons. The highest BCUT2D eigenvalue weighted by Gasteiger charge is 2.14. The number of nitriles is 1. The number of nitrogens with two attached hydrogens (primary N) is 1. The highest BCUT2D eigenvalue weighted by molar-refractivity contribution is 5.62. The molecule has 0 aromatic carbocycles. The molecule has 0 saturated carbocycles. The van der Waals surface area contributed by atoms with Gasteiger partial charge >= 0.3 is 0 Å². The Kier molecular flexibility index (Phi) is 6.94. The van der Waals surface area contributed by atoms with Crippen LogP contribution in [0.4, 0.5) is 16.0 Å². The topological polar surface area (TPSA) is 92.6 Å². The molecule has 0 bridgehead atoms. The number of nitrogens with one attached hydrogen (secondary N) is 1. The maximum atomic E-state index is 13.5. The summed E-state index contributed by atoms with van der Waals surface area (Å²) in [5.41, 5.74) is 10.5. The third kappa shape index (κ3) is 4.64. The van der Waals surface area contributed by atoms with E-state index in [1.165, 1.54) is 0 Å². The molecule has 0 fully saturated rings. The van der Waals surface area contributed by atoms with Crippen LogP contribution in [0.1, 0.15) is 54.8 Å². The van der Waals surface area contributed by atoms with Crippen LogP contribution < -0.4 is 11.1 Å². The number of rotatable bonds is 8. The zero-order valence-corrected chi connectivity index (χ0v) is 16.4. The van der Waals surface area contributed by atoms with Crippen molar-refractivity contribution in [3.8, 4) is 6.07 Å². The normalized spacial score (nSPS) is 11.5. The Labute approximate surface area is 159 Å². The number of anilines is 2. The lowest BCUT2D eigenvalue weighted by molar-refractivity contribution is 0.457. The monoisotopic (exact) mass is 370 g/mol. The van der Waals surface area contributed by atoms with Gasteiger partial charge in [-0.25, -0.2) is 9.37 Å². The minimum atomic E-state index is -0.559. The van der Waals surface area contributed by atoms with E-state index in [0.717, 1.165) is 41.7 Å². The molecule has 7 heteroatoms. The van der Waals surface area contributed by atoms with Crippen molar-refractivity contribution in [2.45, 2.75) is 46.7 Å². The van der Waals surface area contributed by atoms with E-state index in [9.17, 15) is 9.65 Å². The van der Waals surface area contributed by atoms with Crippen LogP contribution in [-0.4, -0.2) is 21.3 Å². The van der Waals surface area contributed by atoms with Crippen molar-refractivity contribution in [2.24, 2.45) is 7.05 Å². The molecule has 6 nitrogen and oxygen atoms in total. The van der Waals surface area contributed by atoms with Crippen LogP contribution in [0.2, 0.25) is 0 Å². The number of nitrogens with zero attached hydrogens (tertiary/aromatic N) is 4. The van der Waals surface area contributed by atoms with Gasteiger partial charge in [0.1, 0.15) is 24.4 Å². The second kappa shape index (κ2) is 9.17. The first-order valence-corrected chi connectivity index (χ1v) is 9.16. The van der Waals surface area contributed by atoms with Crippen molar-refractivity contribution in [1.82, 2.24) is 14.8 Å². The summed E-state index contributed by atoms with van der Waals surface area (Å²) in [6, 6.07) is 3.87. The lowest BCUT2D eigenvalue weighted by Gasteiger charge is -2.12. The van der Waals surface area contributed by atoms with Gasteiger partial charge in [-0.15, -0.1) is 0 Å². The van der Waals surface area contributed by atoms with E-state index in [1.54, 1.807) is 17.8 Å². The van der Waals surface area contributed by atoms with Gasteiger partial charge in [0.05, 0.1) is 17.0 Å². The van der Waals surface area contributed by atoms with Crippen LogP contribution in [0.25, 0.3) is 6.08 Å². The summed E-state index contributed by atoms with van der Waals surface area (Å²) in [5.74, 6) is 0.869. The number of hydrogen-bond donors (Lipinski definition) is 2. The molecule has 0 amide bonds. The molecule has 0 aliphatic heterocycles. The lowest BCUT2D eigenvalue weighted by atomic mass is 10.0. The third-order valence-electron chi connectivity index (χ3n) is 4.52. The molecular formula is C20H27FN6. The van der Waals surface area contributed by atoms with Gasteiger partial charge in [0.15, 0.2) is 0 Å². The molecule has 0 unspecified atom stereocenters. The molecule has 2 heterocycles. The number of hydrogen-bond acceptors (Lipinski definition) is 5. The second-order valence-electron chi connectivity index (χ2n) is 6.52. The largest absolute Gasteiger partial charge is 0.383 e. The average molecular weight is 370 g/mol. The van der Waals surface area contributed by atoms with Gasteiger partial charge in [0.25, 0.3) is 0 Å². The zero-order valence-electron chi connectivity index (χ0n) is 16.4. The Bertz CT molecular complexity index is 876. The Morgan fingerprint density at radius 3 is 2.78 bits per heavy atom. The van der Waals surface area contributed by atoms with Crippen molar-refractivity contribution in [3.63, 3.8) is 0 Å². The second-order valence-corrected chi connectivity index (χ2v) is 6.52. The molecule has 27 heavy (non-hydrogen) atoms. The fraction of sp³-hybridized carbons (Fsp3) is 0.450. The highest BCUT2D eigenvalue weighted by atomic mass is 19.1. The van der Waals surface area contributed by atoms with Crippen molar-refractivity contribution in [2.75, 3.05) is 17.6 Å².